The number of nitrogens with zero attached hydrogens (tertiary/aromatic N) is 3. The van der Waals surface area contributed by atoms with E-state index >= 15 is 0 Å². The van der Waals surface area contributed by atoms with Crippen LogP contribution in [0.25, 0.3) is 11.3 Å². The van der Waals surface area contributed by atoms with Crippen LogP contribution in [-0.2, 0) is 5.54 Å². The molecule has 0 amide bonds. The van der Waals surface area contributed by atoms with Crippen molar-refractivity contribution < 1.29 is 23.0 Å². The molecule has 0 spiro atoms. The van der Waals surface area contributed by atoms with E-state index < -0.39 is 18.2 Å². The SMILES string of the molecule is CC(O)c1nc(-c2cnc(N)c(OC(F)(F)F)c2)cn1C12CCC(C1)C2. The van der Waals surface area contributed by atoms with Crippen molar-refractivity contribution in [2.75, 3.05) is 5.73 Å². The van der Waals surface area contributed by atoms with Gasteiger partial charge in [0.05, 0.1) is 5.69 Å². The fourth-order valence-corrected chi connectivity index (χ4v) is 4.22. The average molecular weight is 368 g/mol. The molecule has 1 unspecified atom stereocenters. The summed E-state index contributed by atoms with van der Waals surface area (Å²) in [5.74, 6) is 0.312. The lowest BCUT2D eigenvalue weighted by Crippen LogP contribution is -2.39. The molecule has 0 aromatic carbocycles. The van der Waals surface area contributed by atoms with Crippen molar-refractivity contribution in [3.05, 3.63) is 24.3 Å². The van der Waals surface area contributed by atoms with Gasteiger partial charge in [-0.15, -0.1) is 13.2 Å². The Morgan fingerprint density at radius 1 is 1.42 bits per heavy atom. The summed E-state index contributed by atoms with van der Waals surface area (Å²) in [6, 6.07) is 1.17. The van der Waals surface area contributed by atoms with E-state index in [1.807, 2.05) is 4.57 Å². The molecule has 0 radical (unpaired) electrons. The van der Waals surface area contributed by atoms with E-state index in [0.29, 0.717) is 23.0 Å². The number of halogens is 3. The van der Waals surface area contributed by atoms with Crippen LogP contribution < -0.4 is 10.5 Å². The Hall–Kier alpha value is -2.29. The van der Waals surface area contributed by atoms with Crippen molar-refractivity contribution in [3.63, 3.8) is 0 Å². The molecule has 2 bridgehead atoms. The largest absolute Gasteiger partial charge is 0.573 e. The summed E-state index contributed by atoms with van der Waals surface area (Å²) in [7, 11) is 0. The van der Waals surface area contributed by atoms with Gasteiger partial charge in [0, 0.05) is 23.5 Å². The summed E-state index contributed by atoms with van der Waals surface area (Å²) in [6.07, 6.45) is 1.76. The van der Waals surface area contributed by atoms with Crippen LogP contribution in [0.4, 0.5) is 19.0 Å². The van der Waals surface area contributed by atoms with Crippen molar-refractivity contribution in [3.8, 4) is 17.0 Å². The molecule has 26 heavy (non-hydrogen) atoms. The van der Waals surface area contributed by atoms with E-state index in [1.54, 1.807) is 13.1 Å². The van der Waals surface area contributed by atoms with Crippen LogP contribution in [0.3, 0.4) is 0 Å². The zero-order chi connectivity index (χ0) is 18.7. The fourth-order valence-electron chi connectivity index (χ4n) is 4.22. The average Bonchev–Trinajstić information content (AvgIpc) is 3.19. The number of alkyl halides is 3. The van der Waals surface area contributed by atoms with Crippen LogP contribution >= 0.6 is 0 Å². The number of nitrogens with two attached hydrogens (primary N) is 1. The quantitative estimate of drug-likeness (QED) is 0.864. The molecule has 2 aromatic heterocycles. The molecule has 140 valence electrons. The van der Waals surface area contributed by atoms with Gasteiger partial charge in [0.25, 0.3) is 0 Å². The number of hydrogen-bond acceptors (Lipinski definition) is 5. The summed E-state index contributed by atoms with van der Waals surface area (Å²) in [5, 5.41) is 10.1. The van der Waals surface area contributed by atoms with Crippen molar-refractivity contribution in [1.29, 1.82) is 0 Å². The van der Waals surface area contributed by atoms with E-state index in [2.05, 4.69) is 14.7 Å². The molecule has 0 aliphatic heterocycles. The highest BCUT2D eigenvalue weighted by Gasteiger charge is 2.52. The van der Waals surface area contributed by atoms with E-state index in [9.17, 15) is 18.3 Å². The highest BCUT2D eigenvalue weighted by Crippen LogP contribution is 2.57. The number of fused-ring (bicyclic) bond motifs is 1. The number of aromatic nitrogens is 3. The number of rotatable bonds is 4. The number of anilines is 1. The van der Waals surface area contributed by atoms with Crippen LogP contribution in [0.5, 0.6) is 5.75 Å². The van der Waals surface area contributed by atoms with Gasteiger partial charge in [-0.25, -0.2) is 9.97 Å². The normalized spacial score (nSPS) is 25.8. The van der Waals surface area contributed by atoms with Gasteiger partial charge >= 0.3 is 6.36 Å². The number of imidazole rings is 1. The first kappa shape index (κ1) is 17.1. The van der Waals surface area contributed by atoms with Crippen LogP contribution in [0.15, 0.2) is 18.5 Å². The van der Waals surface area contributed by atoms with Gasteiger partial charge in [-0.2, -0.15) is 0 Å². The minimum Gasteiger partial charge on any atom is -0.402 e. The maximum Gasteiger partial charge on any atom is 0.573 e. The first-order chi connectivity index (χ1) is 12.2. The molecule has 3 saturated carbocycles. The van der Waals surface area contributed by atoms with Gasteiger partial charge in [0.2, 0.25) is 0 Å². The minimum atomic E-state index is -4.86. The lowest BCUT2D eigenvalue weighted by molar-refractivity contribution is -0.274. The Bertz CT molecular complexity index is 836. The third-order valence-electron chi connectivity index (χ3n) is 5.38. The molecule has 3 aliphatic rings. The number of pyridine rings is 1. The summed E-state index contributed by atoms with van der Waals surface area (Å²) >= 11 is 0. The lowest BCUT2D eigenvalue weighted by Gasteiger charge is -2.41. The second-order valence-corrected chi connectivity index (χ2v) is 7.22. The lowest BCUT2D eigenvalue weighted by atomic mass is 9.76. The number of hydrogen-bond donors (Lipinski definition) is 2. The number of aliphatic hydroxyl groups excluding tert-OH is 1. The summed E-state index contributed by atoms with van der Waals surface area (Å²) in [5.41, 5.74) is 6.24. The van der Waals surface area contributed by atoms with E-state index in [1.165, 1.54) is 12.3 Å². The van der Waals surface area contributed by atoms with Gasteiger partial charge in [0.1, 0.15) is 11.9 Å². The topological polar surface area (TPSA) is 86.2 Å². The van der Waals surface area contributed by atoms with Crippen LogP contribution in [0, 0.1) is 5.92 Å². The van der Waals surface area contributed by atoms with E-state index in [-0.39, 0.29) is 11.4 Å². The van der Waals surface area contributed by atoms with Gasteiger partial charge in [-0.05, 0) is 44.6 Å². The number of ether oxygens (including phenoxy) is 1. The second kappa shape index (κ2) is 5.60. The zero-order valence-electron chi connectivity index (χ0n) is 14.1. The maximum atomic E-state index is 12.5. The molecule has 2 aromatic rings. The Labute approximate surface area is 147 Å². The van der Waals surface area contributed by atoms with Gasteiger partial charge < -0.3 is 20.1 Å². The summed E-state index contributed by atoms with van der Waals surface area (Å²) < 4.78 is 43.5. The van der Waals surface area contributed by atoms with Gasteiger partial charge in [-0.1, -0.05) is 0 Å². The minimum absolute atomic E-state index is 0.0330. The van der Waals surface area contributed by atoms with Crippen LogP contribution in [0.2, 0.25) is 0 Å². The standard InChI is InChI=1S/C17H19F3N4O2/c1-9(25)15-23-12(8-24(15)16-3-2-10(5-16)6-16)11-4-13(14(21)22-7-11)26-17(18,19)20/h4,7-10,25H,2-3,5-6H2,1H3,(H2,21,22). The predicted molar refractivity (Wildman–Crippen MR) is 87.1 cm³/mol. The molecule has 3 fully saturated rings. The number of aliphatic hydroxyl groups is 1. The van der Waals surface area contributed by atoms with E-state index in [0.717, 1.165) is 25.7 Å². The molecule has 1 atom stereocenters. The molecule has 3 aliphatic carbocycles. The smallest absolute Gasteiger partial charge is 0.402 e. The van der Waals surface area contributed by atoms with Crippen molar-refractivity contribution in [2.45, 2.75) is 50.6 Å². The molecule has 2 heterocycles. The molecule has 3 N–H and O–H groups in total. The molecule has 5 rings (SSSR count). The Balaban J connectivity index is 1.73. The first-order valence-corrected chi connectivity index (χ1v) is 8.46. The van der Waals surface area contributed by atoms with Gasteiger partial charge in [-0.3, -0.25) is 0 Å². The molecular formula is C17H19F3N4O2. The monoisotopic (exact) mass is 368 g/mol. The highest BCUT2D eigenvalue weighted by atomic mass is 19.4. The molecule has 9 heteroatoms. The molecular weight excluding hydrogens is 349 g/mol. The van der Waals surface area contributed by atoms with Gasteiger partial charge in [0.15, 0.2) is 11.6 Å². The van der Waals surface area contributed by atoms with Crippen molar-refractivity contribution in [1.82, 2.24) is 14.5 Å². The Morgan fingerprint density at radius 2 is 2.15 bits per heavy atom. The summed E-state index contributed by atoms with van der Waals surface area (Å²) in [6.45, 7) is 1.63. The first-order valence-electron chi connectivity index (χ1n) is 8.46. The third-order valence-corrected chi connectivity index (χ3v) is 5.38. The summed E-state index contributed by atoms with van der Waals surface area (Å²) in [4.78, 5) is 8.25. The Morgan fingerprint density at radius 3 is 2.73 bits per heavy atom. The third kappa shape index (κ3) is 2.80. The predicted octanol–water partition coefficient (Wildman–Crippen LogP) is 3.38. The van der Waals surface area contributed by atoms with Crippen LogP contribution in [0.1, 0.15) is 44.5 Å². The van der Waals surface area contributed by atoms with E-state index in [4.69, 9.17) is 5.73 Å². The highest BCUT2D eigenvalue weighted by molar-refractivity contribution is 5.64. The molecule has 0 saturated heterocycles. The zero-order valence-corrected chi connectivity index (χ0v) is 14.1. The fraction of sp³-hybridized carbons (Fsp3) is 0.529. The number of nitrogen functional groups attached to an aromatic ring is 1. The maximum absolute atomic E-state index is 12.5. The van der Waals surface area contributed by atoms with Crippen molar-refractivity contribution in [2.24, 2.45) is 5.92 Å². The van der Waals surface area contributed by atoms with Crippen molar-refractivity contribution >= 4 is 5.82 Å². The second-order valence-electron chi connectivity index (χ2n) is 7.22. The molecule has 6 nitrogen and oxygen atoms in total. The van der Waals surface area contributed by atoms with Crippen LogP contribution in [-0.4, -0.2) is 26.0 Å². The Kier molecular flexibility index (Phi) is 3.69.